The molecule has 2 aromatic rings. The number of aromatic hydroxyl groups is 2. The molecule has 1 unspecified atom stereocenters. The quantitative estimate of drug-likeness (QED) is 0.428. The topological polar surface area (TPSA) is 142 Å². The highest BCUT2D eigenvalue weighted by molar-refractivity contribution is 5.75. The zero-order valence-corrected chi connectivity index (χ0v) is 12.7. The Labute approximate surface area is 140 Å². The number of nitro groups is 2. The molecule has 0 aliphatic carbocycles. The van der Waals surface area contributed by atoms with Crippen molar-refractivity contribution in [1.29, 1.82) is 0 Å². The van der Waals surface area contributed by atoms with Gasteiger partial charge in [-0.25, -0.2) is 0 Å². The van der Waals surface area contributed by atoms with Gasteiger partial charge < -0.3 is 20.4 Å². The van der Waals surface area contributed by atoms with Gasteiger partial charge in [-0.1, -0.05) is 0 Å². The molecule has 0 amide bonds. The van der Waals surface area contributed by atoms with Gasteiger partial charge in [0.1, 0.15) is 0 Å². The number of hydrogen-bond acceptors (Lipinski definition) is 8. The van der Waals surface area contributed by atoms with E-state index in [4.69, 9.17) is 0 Å². The largest absolute Gasteiger partial charge is 0.502 e. The molecule has 0 fully saturated rings. The Hall–Kier alpha value is -3.56. The average molecular weight is 344 g/mol. The maximum atomic E-state index is 11.3. The van der Waals surface area contributed by atoms with Crippen LogP contribution in [0.4, 0.5) is 22.7 Å². The summed E-state index contributed by atoms with van der Waals surface area (Å²) in [5.74, 6) is -0.851. The summed E-state index contributed by atoms with van der Waals surface area (Å²) in [6.07, 6.45) is 0. The third-order valence-corrected chi connectivity index (χ3v) is 4.56. The molecular weight excluding hydrogens is 332 g/mol. The summed E-state index contributed by atoms with van der Waals surface area (Å²) < 4.78 is 0. The minimum Gasteiger partial charge on any atom is -0.502 e. The molecule has 25 heavy (non-hydrogen) atoms. The molecule has 4 rings (SSSR count). The number of phenolic OH excluding ortho intramolecular Hbond substituents is 2. The van der Waals surface area contributed by atoms with Gasteiger partial charge in [0.05, 0.1) is 28.0 Å². The first kappa shape index (κ1) is 15.0. The molecule has 128 valence electrons. The number of nitro benzene ring substituents is 2. The summed E-state index contributed by atoms with van der Waals surface area (Å²) in [5, 5.41) is 45.3. The molecule has 0 spiro atoms. The van der Waals surface area contributed by atoms with Crippen molar-refractivity contribution in [1.82, 2.24) is 0 Å². The van der Waals surface area contributed by atoms with E-state index in [1.165, 1.54) is 18.2 Å². The fraction of sp³-hybridized carbons (Fsp3) is 0.200. The number of fused-ring (bicyclic) bond motifs is 6. The predicted octanol–water partition coefficient (Wildman–Crippen LogP) is 2.40. The maximum Gasteiger partial charge on any atom is 0.317 e. The van der Waals surface area contributed by atoms with E-state index < -0.39 is 27.0 Å². The highest BCUT2D eigenvalue weighted by atomic mass is 16.6. The van der Waals surface area contributed by atoms with Gasteiger partial charge in [-0.15, -0.1) is 0 Å². The summed E-state index contributed by atoms with van der Waals surface area (Å²) in [6, 6.07) is 5.15. The van der Waals surface area contributed by atoms with E-state index in [2.05, 4.69) is 5.32 Å². The smallest absolute Gasteiger partial charge is 0.317 e. The van der Waals surface area contributed by atoms with E-state index >= 15 is 0 Å². The Kier molecular flexibility index (Phi) is 2.98. The van der Waals surface area contributed by atoms with Gasteiger partial charge in [-0.2, -0.15) is 0 Å². The number of rotatable bonds is 2. The molecule has 2 aliphatic heterocycles. The molecule has 2 aliphatic rings. The molecule has 0 radical (unpaired) electrons. The van der Waals surface area contributed by atoms with Crippen LogP contribution < -0.4 is 10.2 Å². The van der Waals surface area contributed by atoms with Crippen molar-refractivity contribution in [3.63, 3.8) is 0 Å². The van der Waals surface area contributed by atoms with Crippen LogP contribution in [0, 0.1) is 20.2 Å². The van der Waals surface area contributed by atoms with Crippen LogP contribution in [-0.2, 0) is 6.54 Å². The van der Waals surface area contributed by atoms with Crippen molar-refractivity contribution in [3.05, 3.63) is 55.6 Å². The first-order chi connectivity index (χ1) is 11.9. The van der Waals surface area contributed by atoms with E-state index in [-0.39, 0.29) is 18.3 Å². The van der Waals surface area contributed by atoms with Crippen LogP contribution in [0.25, 0.3) is 0 Å². The molecule has 10 nitrogen and oxygen atoms in total. The molecule has 0 saturated heterocycles. The third kappa shape index (κ3) is 2.11. The van der Waals surface area contributed by atoms with Gasteiger partial charge in [-0.3, -0.25) is 20.2 Å². The van der Waals surface area contributed by atoms with Crippen molar-refractivity contribution in [2.24, 2.45) is 0 Å². The van der Waals surface area contributed by atoms with E-state index in [0.29, 0.717) is 29.0 Å². The Morgan fingerprint density at radius 3 is 2.56 bits per heavy atom. The molecule has 0 aromatic heterocycles. The maximum absolute atomic E-state index is 11.3. The van der Waals surface area contributed by atoms with E-state index in [0.717, 1.165) is 0 Å². The summed E-state index contributed by atoms with van der Waals surface area (Å²) in [7, 11) is 0. The van der Waals surface area contributed by atoms with E-state index in [9.17, 15) is 30.4 Å². The van der Waals surface area contributed by atoms with Crippen LogP contribution in [0.1, 0.15) is 17.2 Å². The highest BCUT2D eigenvalue weighted by Gasteiger charge is 2.38. The number of anilines is 2. The molecule has 10 heteroatoms. The Morgan fingerprint density at radius 1 is 1.12 bits per heavy atom. The molecule has 0 saturated carbocycles. The SMILES string of the molecule is O=[N+]([O-])c1cc2c(cc1O)C1CN2Cc2c(ccc(O)c2[N+](=O)[O-])N1. The minimum atomic E-state index is -0.678. The monoisotopic (exact) mass is 344 g/mol. The van der Waals surface area contributed by atoms with Gasteiger partial charge in [0.25, 0.3) is 0 Å². The third-order valence-electron chi connectivity index (χ3n) is 4.56. The highest BCUT2D eigenvalue weighted by Crippen LogP contribution is 2.48. The zero-order chi connectivity index (χ0) is 17.9. The normalized spacial score (nSPS) is 17.3. The lowest BCUT2D eigenvalue weighted by molar-refractivity contribution is -0.386. The van der Waals surface area contributed by atoms with Gasteiger partial charge in [0.15, 0.2) is 11.5 Å². The Balaban J connectivity index is 1.86. The van der Waals surface area contributed by atoms with Gasteiger partial charge in [0.2, 0.25) is 0 Å². The molecule has 3 N–H and O–H groups in total. The molecule has 2 bridgehead atoms. The number of nitrogens with zero attached hydrogens (tertiary/aromatic N) is 3. The summed E-state index contributed by atoms with van der Waals surface area (Å²) in [5.41, 5.74) is 1.24. The standard InChI is InChI=1S/C15H12N4O6/c20-13-2-1-9-8(15(13)19(24)25)5-17-6-10(16-9)7-3-14(21)12(18(22)23)4-11(7)17/h1-4,10,16,20-21H,5-6H2. The lowest BCUT2D eigenvalue weighted by atomic mass is 10.0. The molecule has 2 aromatic carbocycles. The van der Waals surface area contributed by atoms with E-state index in [1.54, 1.807) is 11.0 Å². The first-order valence-electron chi connectivity index (χ1n) is 7.39. The van der Waals surface area contributed by atoms with Gasteiger partial charge >= 0.3 is 11.4 Å². The lowest BCUT2D eigenvalue weighted by Gasteiger charge is -2.20. The van der Waals surface area contributed by atoms with Crippen LogP contribution in [0.5, 0.6) is 11.5 Å². The number of hydrogen-bond donors (Lipinski definition) is 3. The molecule has 2 heterocycles. The van der Waals surface area contributed by atoms with Crippen molar-refractivity contribution >= 4 is 22.7 Å². The second kappa shape index (κ2) is 4.97. The van der Waals surface area contributed by atoms with Crippen LogP contribution >= 0.6 is 0 Å². The van der Waals surface area contributed by atoms with Gasteiger partial charge in [-0.05, 0) is 18.2 Å². The molecule has 1 atom stereocenters. The van der Waals surface area contributed by atoms with Crippen molar-refractivity contribution in [3.8, 4) is 11.5 Å². The summed E-state index contributed by atoms with van der Waals surface area (Å²) in [6.45, 7) is 0.543. The van der Waals surface area contributed by atoms with Crippen LogP contribution in [0.3, 0.4) is 0 Å². The zero-order valence-electron chi connectivity index (χ0n) is 12.7. The van der Waals surface area contributed by atoms with E-state index in [1.807, 2.05) is 0 Å². The average Bonchev–Trinajstić information content (AvgIpc) is 2.73. The number of benzene rings is 2. The van der Waals surface area contributed by atoms with Crippen LogP contribution in [0.2, 0.25) is 0 Å². The van der Waals surface area contributed by atoms with Crippen LogP contribution in [-0.4, -0.2) is 26.6 Å². The Morgan fingerprint density at radius 2 is 1.88 bits per heavy atom. The second-order valence-electron chi connectivity index (χ2n) is 5.95. The lowest BCUT2D eigenvalue weighted by Crippen LogP contribution is -2.20. The number of nitrogens with one attached hydrogen (secondary N) is 1. The Bertz CT molecular complexity index is 944. The van der Waals surface area contributed by atoms with Gasteiger partial charge in [0, 0.05) is 29.5 Å². The van der Waals surface area contributed by atoms with Crippen LogP contribution in [0.15, 0.2) is 24.3 Å². The predicted molar refractivity (Wildman–Crippen MR) is 86.9 cm³/mol. The van der Waals surface area contributed by atoms with Crippen molar-refractivity contribution in [2.45, 2.75) is 12.6 Å². The van der Waals surface area contributed by atoms with Crippen molar-refractivity contribution in [2.75, 3.05) is 16.8 Å². The fourth-order valence-electron chi connectivity index (χ4n) is 3.47. The number of phenols is 2. The van der Waals surface area contributed by atoms with Crippen molar-refractivity contribution < 1.29 is 20.1 Å². The molecular formula is C15H12N4O6. The summed E-state index contributed by atoms with van der Waals surface area (Å²) in [4.78, 5) is 22.8. The minimum absolute atomic E-state index is 0.110. The second-order valence-corrected chi connectivity index (χ2v) is 5.95. The summed E-state index contributed by atoms with van der Waals surface area (Å²) >= 11 is 0. The first-order valence-corrected chi connectivity index (χ1v) is 7.39. The fourth-order valence-corrected chi connectivity index (χ4v) is 3.47.